The summed E-state index contributed by atoms with van der Waals surface area (Å²) in [4.78, 5) is 28.2. The zero-order valence-corrected chi connectivity index (χ0v) is 19.2. The van der Waals surface area contributed by atoms with Crippen molar-refractivity contribution in [3.8, 4) is 0 Å². The molecule has 1 aliphatic rings. The highest BCUT2D eigenvalue weighted by atomic mass is 32.1. The summed E-state index contributed by atoms with van der Waals surface area (Å²) in [6.45, 7) is 0. The number of ether oxygens (including phenoxy) is 1. The number of nitrogens with one attached hydrogen (secondary N) is 1. The summed E-state index contributed by atoms with van der Waals surface area (Å²) in [6.07, 6.45) is 2.26. The summed E-state index contributed by atoms with van der Waals surface area (Å²) in [6, 6.07) is 32.3. The molecular formula is C29H23NO3S. The molecule has 5 heteroatoms. The second-order valence-electron chi connectivity index (χ2n) is 8.24. The molecule has 0 saturated heterocycles. The van der Waals surface area contributed by atoms with E-state index in [1.807, 2.05) is 90.3 Å². The van der Waals surface area contributed by atoms with Gasteiger partial charge in [0.1, 0.15) is 5.76 Å². The lowest BCUT2D eigenvalue weighted by Gasteiger charge is -2.41. The Balaban J connectivity index is 1.66. The number of rotatable bonds is 6. The van der Waals surface area contributed by atoms with Gasteiger partial charge in [0.25, 0.3) is 5.91 Å². The molecule has 5 rings (SSSR count). The molecule has 0 radical (unpaired) electrons. The van der Waals surface area contributed by atoms with Crippen molar-refractivity contribution >= 4 is 29.0 Å². The van der Waals surface area contributed by atoms with Gasteiger partial charge in [0, 0.05) is 17.9 Å². The number of amides is 1. The Kier molecular flexibility index (Phi) is 6.11. The molecule has 1 aliphatic heterocycles. The van der Waals surface area contributed by atoms with Gasteiger partial charge in [-0.3, -0.25) is 4.79 Å². The quantitative estimate of drug-likeness (QED) is 0.364. The number of carbonyl (C=O) groups excluding carboxylic acids is 2. The third kappa shape index (κ3) is 4.30. The van der Waals surface area contributed by atoms with Crippen LogP contribution in [0, 0.1) is 0 Å². The Labute approximate surface area is 202 Å². The molecule has 0 bridgehead atoms. The fraction of sp³-hybridized carbons (Fsp3) is 0.103. The molecule has 0 unspecified atom stereocenters. The van der Waals surface area contributed by atoms with E-state index in [0.29, 0.717) is 17.7 Å². The van der Waals surface area contributed by atoms with Crippen LogP contribution in [0.15, 0.2) is 115 Å². The summed E-state index contributed by atoms with van der Waals surface area (Å²) >= 11 is 1.51. The van der Waals surface area contributed by atoms with Crippen LogP contribution in [0.25, 0.3) is 5.76 Å². The van der Waals surface area contributed by atoms with E-state index in [0.717, 1.165) is 16.0 Å². The van der Waals surface area contributed by atoms with Gasteiger partial charge in [-0.15, -0.1) is 11.3 Å². The number of carbonyl (C=O) groups is 2. The standard InChI is InChI=1S/C29H23NO3S/c31-27(23-15-8-3-9-16-23)30-29(20-21-11-4-1-5-12-21)24(22-13-6-2-7-14-22)19-25(33-28(29)32)26-17-10-18-34-26/h1-19,24H,20H2,(H,30,31)/t24-,29+/m1/s1. The van der Waals surface area contributed by atoms with E-state index in [9.17, 15) is 9.59 Å². The molecule has 34 heavy (non-hydrogen) atoms. The first-order valence-corrected chi connectivity index (χ1v) is 12.0. The van der Waals surface area contributed by atoms with Crippen molar-refractivity contribution in [3.05, 3.63) is 136 Å². The Morgan fingerprint density at radius 3 is 2.15 bits per heavy atom. The molecule has 0 aliphatic carbocycles. The van der Waals surface area contributed by atoms with Crippen LogP contribution < -0.4 is 5.32 Å². The van der Waals surface area contributed by atoms with Gasteiger partial charge in [0.2, 0.25) is 0 Å². The highest BCUT2D eigenvalue weighted by Gasteiger charge is 2.51. The van der Waals surface area contributed by atoms with Crippen molar-refractivity contribution in [2.24, 2.45) is 0 Å². The lowest BCUT2D eigenvalue weighted by molar-refractivity contribution is -0.145. The first-order chi connectivity index (χ1) is 16.7. The largest absolute Gasteiger partial charge is 0.424 e. The molecule has 0 saturated carbocycles. The van der Waals surface area contributed by atoms with Gasteiger partial charge in [-0.05, 0) is 40.8 Å². The second-order valence-corrected chi connectivity index (χ2v) is 9.19. The van der Waals surface area contributed by atoms with Crippen LogP contribution in [-0.2, 0) is 16.0 Å². The predicted molar refractivity (Wildman–Crippen MR) is 134 cm³/mol. The van der Waals surface area contributed by atoms with E-state index < -0.39 is 17.4 Å². The number of hydrogen-bond acceptors (Lipinski definition) is 4. The third-order valence-electron chi connectivity index (χ3n) is 6.04. The number of hydrogen-bond donors (Lipinski definition) is 1. The molecule has 4 nitrogen and oxygen atoms in total. The zero-order chi connectivity index (χ0) is 23.4. The minimum atomic E-state index is -1.32. The van der Waals surface area contributed by atoms with E-state index in [-0.39, 0.29) is 5.91 Å². The van der Waals surface area contributed by atoms with Crippen LogP contribution in [0.5, 0.6) is 0 Å². The summed E-state index contributed by atoms with van der Waals surface area (Å²) < 4.78 is 5.93. The third-order valence-corrected chi connectivity index (χ3v) is 6.92. The van der Waals surface area contributed by atoms with Gasteiger partial charge in [-0.25, -0.2) is 4.79 Å². The number of esters is 1. The molecule has 4 aromatic rings. The highest BCUT2D eigenvalue weighted by Crippen LogP contribution is 2.42. The number of benzene rings is 3. The van der Waals surface area contributed by atoms with Crippen molar-refractivity contribution in [1.29, 1.82) is 0 Å². The maximum Gasteiger partial charge on any atom is 0.338 e. The number of thiophene rings is 1. The van der Waals surface area contributed by atoms with Gasteiger partial charge in [-0.2, -0.15) is 0 Å². The molecule has 1 aromatic heterocycles. The van der Waals surface area contributed by atoms with Crippen LogP contribution in [0.4, 0.5) is 0 Å². The second kappa shape index (κ2) is 9.49. The first-order valence-electron chi connectivity index (χ1n) is 11.1. The van der Waals surface area contributed by atoms with Gasteiger partial charge >= 0.3 is 5.97 Å². The van der Waals surface area contributed by atoms with Crippen molar-refractivity contribution in [3.63, 3.8) is 0 Å². The molecule has 168 valence electrons. The molecule has 1 N–H and O–H groups in total. The Morgan fingerprint density at radius 1 is 0.853 bits per heavy atom. The van der Waals surface area contributed by atoms with Crippen LogP contribution in [0.1, 0.15) is 32.3 Å². The molecule has 0 fully saturated rings. The molecule has 2 heterocycles. The summed E-state index contributed by atoms with van der Waals surface area (Å²) in [5.74, 6) is -0.700. The minimum absolute atomic E-state index is 0.291. The van der Waals surface area contributed by atoms with Gasteiger partial charge < -0.3 is 10.1 Å². The first kappa shape index (κ1) is 21.9. The average molecular weight is 466 g/mol. The monoisotopic (exact) mass is 465 g/mol. The van der Waals surface area contributed by atoms with Crippen LogP contribution in [0.2, 0.25) is 0 Å². The zero-order valence-electron chi connectivity index (χ0n) is 18.4. The van der Waals surface area contributed by atoms with Crippen molar-refractivity contribution in [2.75, 3.05) is 0 Å². The van der Waals surface area contributed by atoms with E-state index in [1.165, 1.54) is 11.3 Å². The van der Waals surface area contributed by atoms with Crippen molar-refractivity contribution < 1.29 is 14.3 Å². The normalized spacial score (nSPS) is 19.7. The number of cyclic esters (lactones) is 1. The van der Waals surface area contributed by atoms with Gasteiger partial charge in [0.05, 0.1) is 4.88 Å². The van der Waals surface area contributed by atoms with E-state index in [1.54, 1.807) is 24.3 Å². The van der Waals surface area contributed by atoms with Crippen molar-refractivity contribution in [1.82, 2.24) is 5.32 Å². The Morgan fingerprint density at radius 2 is 1.50 bits per heavy atom. The van der Waals surface area contributed by atoms with Gasteiger partial charge in [0.15, 0.2) is 5.54 Å². The summed E-state index contributed by atoms with van der Waals surface area (Å²) in [5.41, 5.74) is 1.03. The maximum atomic E-state index is 13.9. The van der Waals surface area contributed by atoms with Crippen LogP contribution in [0.3, 0.4) is 0 Å². The Hall–Kier alpha value is -3.96. The molecular weight excluding hydrogens is 442 g/mol. The minimum Gasteiger partial charge on any atom is -0.424 e. The molecule has 2 atom stereocenters. The summed E-state index contributed by atoms with van der Waals surface area (Å²) in [5, 5.41) is 5.06. The van der Waals surface area contributed by atoms with E-state index in [2.05, 4.69) is 5.32 Å². The lowest BCUT2D eigenvalue weighted by atomic mass is 9.73. The van der Waals surface area contributed by atoms with Crippen LogP contribution in [-0.4, -0.2) is 17.4 Å². The summed E-state index contributed by atoms with van der Waals surface area (Å²) in [7, 11) is 0. The smallest absolute Gasteiger partial charge is 0.338 e. The Bertz CT molecular complexity index is 1300. The molecule has 0 spiro atoms. The highest BCUT2D eigenvalue weighted by molar-refractivity contribution is 7.11. The van der Waals surface area contributed by atoms with Gasteiger partial charge in [-0.1, -0.05) is 84.9 Å². The van der Waals surface area contributed by atoms with Crippen LogP contribution >= 0.6 is 11.3 Å². The molecule has 3 aromatic carbocycles. The maximum absolute atomic E-state index is 13.9. The van der Waals surface area contributed by atoms with E-state index in [4.69, 9.17) is 4.74 Å². The molecule has 1 amide bonds. The predicted octanol–water partition coefficient (Wildman–Crippen LogP) is 5.84. The van der Waals surface area contributed by atoms with Crippen molar-refractivity contribution in [2.45, 2.75) is 17.9 Å². The van der Waals surface area contributed by atoms with E-state index >= 15 is 0 Å². The SMILES string of the molecule is O=C(N[C@]1(Cc2ccccc2)C(=O)OC(c2cccs2)=C[C@@H]1c1ccccc1)c1ccccc1. The lowest BCUT2D eigenvalue weighted by Crippen LogP contribution is -2.61. The fourth-order valence-corrected chi connectivity index (χ4v) is 5.06. The average Bonchev–Trinajstić information content (AvgIpc) is 3.42. The fourth-order valence-electron chi connectivity index (χ4n) is 4.38. The topological polar surface area (TPSA) is 55.4 Å².